The smallest absolute Gasteiger partial charge is 0.257 e. The molecule has 2 aromatic carbocycles. The number of para-hydroxylation sites is 2. The van der Waals surface area contributed by atoms with Crippen LogP contribution in [-0.4, -0.2) is 35.8 Å². The maximum Gasteiger partial charge on any atom is 0.257 e. The van der Waals surface area contributed by atoms with Crippen LogP contribution in [0.25, 0.3) is 0 Å². The SMILES string of the molecule is CCCC1CN(C(=O)c2ccccc2Oc2ccccc2)CC1NC(C)=O. The van der Waals surface area contributed by atoms with Crippen LogP contribution in [0, 0.1) is 5.92 Å². The Bertz CT molecular complexity index is 791. The fourth-order valence-corrected chi connectivity index (χ4v) is 3.64. The molecule has 3 rings (SSSR count). The van der Waals surface area contributed by atoms with Gasteiger partial charge in [0, 0.05) is 20.0 Å². The van der Waals surface area contributed by atoms with Gasteiger partial charge in [-0.25, -0.2) is 0 Å². The third-order valence-electron chi connectivity index (χ3n) is 4.86. The fraction of sp³-hybridized carbons (Fsp3) is 0.364. The van der Waals surface area contributed by atoms with Crippen molar-refractivity contribution >= 4 is 11.8 Å². The van der Waals surface area contributed by atoms with Gasteiger partial charge in [0.1, 0.15) is 11.5 Å². The lowest BCUT2D eigenvalue weighted by Gasteiger charge is -2.18. The van der Waals surface area contributed by atoms with Crippen LogP contribution < -0.4 is 10.1 Å². The van der Waals surface area contributed by atoms with Crippen molar-refractivity contribution in [3.8, 4) is 11.5 Å². The van der Waals surface area contributed by atoms with Crippen LogP contribution in [0.5, 0.6) is 11.5 Å². The summed E-state index contributed by atoms with van der Waals surface area (Å²) in [7, 11) is 0. The Morgan fingerprint density at radius 1 is 1.07 bits per heavy atom. The molecule has 142 valence electrons. The summed E-state index contributed by atoms with van der Waals surface area (Å²) in [5, 5.41) is 3.00. The molecule has 1 N–H and O–H groups in total. The van der Waals surface area contributed by atoms with E-state index in [2.05, 4.69) is 12.2 Å². The molecule has 0 spiro atoms. The van der Waals surface area contributed by atoms with Crippen molar-refractivity contribution in [2.24, 2.45) is 5.92 Å². The molecular weight excluding hydrogens is 340 g/mol. The minimum absolute atomic E-state index is 0.00797. The second-order valence-electron chi connectivity index (χ2n) is 6.98. The zero-order valence-corrected chi connectivity index (χ0v) is 15.9. The highest BCUT2D eigenvalue weighted by Crippen LogP contribution is 2.29. The summed E-state index contributed by atoms with van der Waals surface area (Å²) >= 11 is 0. The van der Waals surface area contributed by atoms with Crippen molar-refractivity contribution < 1.29 is 14.3 Å². The van der Waals surface area contributed by atoms with Gasteiger partial charge in [-0.1, -0.05) is 43.7 Å². The lowest BCUT2D eigenvalue weighted by atomic mass is 9.98. The maximum absolute atomic E-state index is 13.2. The number of hydrogen-bond donors (Lipinski definition) is 1. The summed E-state index contributed by atoms with van der Waals surface area (Å²) in [6, 6.07) is 16.8. The fourth-order valence-electron chi connectivity index (χ4n) is 3.64. The van der Waals surface area contributed by atoms with Gasteiger partial charge in [-0.15, -0.1) is 0 Å². The van der Waals surface area contributed by atoms with E-state index in [1.54, 1.807) is 6.07 Å². The van der Waals surface area contributed by atoms with Crippen molar-refractivity contribution in [2.75, 3.05) is 13.1 Å². The van der Waals surface area contributed by atoms with Gasteiger partial charge < -0.3 is 15.0 Å². The molecule has 27 heavy (non-hydrogen) atoms. The number of nitrogens with one attached hydrogen (secondary N) is 1. The molecule has 1 aliphatic rings. The van der Waals surface area contributed by atoms with Crippen LogP contribution in [-0.2, 0) is 4.79 Å². The predicted molar refractivity (Wildman–Crippen MR) is 105 cm³/mol. The number of benzene rings is 2. The van der Waals surface area contributed by atoms with Crippen LogP contribution >= 0.6 is 0 Å². The van der Waals surface area contributed by atoms with Crippen molar-refractivity contribution in [1.29, 1.82) is 0 Å². The Kier molecular flexibility index (Phi) is 6.12. The molecule has 2 aromatic rings. The Morgan fingerprint density at radius 3 is 2.48 bits per heavy atom. The van der Waals surface area contributed by atoms with Crippen LogP contribution in [0.3, 0.4) is 0 Å². The van der Waals surface area contributed by atoms with Gasteiger partial charge in [0.05, 0.1) is 11.6 Å². The van der Waals surface area contributed by atoms with Crippen molar-refractivity contribution in [3.63, 3.8) is 0 Å². The second kappa shape index (κ2) is 8.71. The van der Waals surface area contributed by atoms with Gasteiger partial charge in [-0.05, 0) is 36.6 Å². The first-order valence-electron chi connectivity index (χ1n) is 9.46. The highest BCUT2D eigenvalue weighted by Gasteiger charge is 2.36. The molecule has 2 amide bonds. The van der Waals surface area contributed by atoms with E-state index >= 15 is 0 Å². The Hall–Kier alpha value is -2.82. The van der Waals surface area contributed by atoms with E-state index < -0.39 is 0 Å². The van der Waals surface area contributed by atoms with Crippen LogP contribution in [0.15, 0.2) is 54.6 Å². The molecule has 1 aliphatic heterocycles. The molecule has 2 atom stereocenters. The topological polar surface area (TPSA) is 58.6 Å². The highest BCUT2D eigenvalue weighted by molar-refractivity contribution is 5.97. The number of carbonyl (C=O) groups excluding carboxylic acids is 2. The van der Waals surface area contributed by atoms with Crippen LogP contribution in [0.4, 0.5) is 0 Å². The van der Waals surface area contributed by atoms with Crippen molar-refractivity contribution in [3.05, 3.63) is 60.2 Å². The molecule has 5 nitrogen and oxygen atoms in total. The standard InChI is InChI=1S/C22H26N2O3/c1-3-9-17-14-24(15-20(17)23-16(2)25)22(26)19-12-7-8-13-21(19)27-18-10-5-4-6-11-18/h4-8,10-13,17,20H,3,9,14-15H2,1-2H3,(H,23,25). The average Bonchev–Trinajstić information content (AvgIpc) is 3.05. The first-order valence-corrected chi connectivity index (χ1v) is 9.46. The largest absolute Gasteiger partial charge is 0.457 e. The van der Waals surface area contributed by atoms with E-state index in [1.165, 1.54) is 6.92 Å². The monoisotopic (exact) mass is 366 g/mol. The highest BCUT2D eigenvalue weighted by atomic mass is 16.5. The Balaban J connectivity index is 1.78. The lowest BCUT2D eigenvalue weighted by molar-refractivity contribution is -0.119. The molecule has 1 saturated heterocycles. The quantitative estimate of drug-likeness (QED) is 0.845. The second-order valence-corrected chi connectivity index (χ2v) is 6.98. The lowest BCUT2D eigenvalue weighted by Crippen LogP contribution is -2.39. The van der Waals surface area contributed by atoms with Gasteiger partial charge in [0.2, 0.25) is 5.91 Å². The van der Waals surface area contributed by atoms with Crippen LogP contribution in [0.1, 0.15) is 37.0 Å². The maximum atomic E-state index is 13.2. The summed E-state index contributed by atoms with van der Waals surface area (Å²) in [6.07, 6.45) is 2.01. The number of ether oxygens (including phenoxy) is 1. The van der Waals surface area contributed by atoms with Crippen molar-refractivity contribution in [2.45, 2.75) is 32.7 Å². The molecule has 0 bridgehead atoms. The van der Waals surface area contributed by atoms with E-state index in [4.69, 9.17) is 4.74 Å². The van der Waals surface area contributed by atoms with E-state index in [-0.39, 0.29) is 23.8 Å². The summed E-state index contributed by atoms with van der Waals surface area (Å²) in [5.74, 6) is 1.41. The Labute approximate surface area is 160 Å². The minimum atomic E-state index is -0.0597. The average molecular weight is 366 g/mol. The first kappa shape index (κ1) is 19.0. The van der Waals surface area contributed by atoms with Crippen LogP contribution in [0.2, 0.25) is 0 Å². The number of nitrogens with zero attached hydrogens (tertiary/aromatic N) is 1. The molecule has 1 heterocycles. The van der Waals surface area contributed by atoms with E-state index in [0.29, 0.717) is 30.2 Å². The minimum Gasteiger partial charge on any atom is -0.457 e. The third kappa shape index (κ3) is 4.67. The first-order chi connectivity index (χ1) is 13.1. The van der Waals surface area contributed by atoms with Gasteiger partial charge in [-0.3, -0.25) is 9.59 Å². The number of likely N-dealkylation sites (tertiary alicyclic amines) is 1. The summed E-state index contributed by atoms with van der Waals surface area (Å²) < 4.78 is 5.94. The van der Waals surface area contributed by atoms with E-state index in [9.17, 15) is 9.59 Å². The predicted octanol–water partition coefficient (Wildman–Crippen LogP) is 3.86. The molecule has 0 radical (unpaired) electrons. The number of hydrogen-bond acceptors (Lipinski definition) is 3. The zero-order valence-electron chi connectivity index (χ0n) is 15.9. The van der Waals surface area contributed by atoms with Crippen molar-refractivity contribution in [1.82, 2.24) is 10.2 Å². The van der Waals surface area contributed by atoms with Gasteiger partial charge in [-0.2, -0.15) is 0 Å². The Morgan fingerprint density at radius 2 is 1.78 bits per heavy atom. The van der Waals surface area contributed by atoms with Gasteiger partial charge in [0.25, 0.3) is 5.91 Å². The van der Waals surface area contributed by atoms with Gasteiger partial charge >= 0.3 is 0 Å². The van der Waals surface area contributed by atoms with E-state index in [1.807, 2.05) is 53.4 Å². The summed E-state index contributed by atoms with van der Waals surface area (Å²) in [5.41, 5.74) is 0.542. The number of carbonyl (C=O) groups is 2. The molecule has 2 unspecified atom stereocenters. The molecular formula is C22H26N2O3. The number of amides is 2. The molecule has 0 aliphatic carbocycles. The third-order valence-corrected chi connectivity index (χ3v) is 4.86. The normalized spacial score (nSPS) is 19.0. The zero-order chi connectivity index (χ0) is 19.2. The molecule has 0 aromatic heterocycles. The summed E-state index contributed by atoms with van der Waals surface area (Å²) in [6.45, 7) is 4.83. The summed E-state index contributed by atoms with van der Waals surface area (Å²) in [4.78, 5) is 26.5. The van der Waals surface area contributed by atoms with Gasteiger partial charge in [0.15, 0.2) is 0 Å². The number of rotatable bonds is 6. The molecule has 5 heteroatoms. The molecule has 1 fully saturated rings. The molecule has 0 saturated carbocycles. The van der Waals surface area contributed by atoms with E-state index in [0.717, 1.165) is 12.8 Å².